The predicted octanol–water partition coefficient (Wildman–Crippen LogP) is 1.86. The van der Waals surface area contributed by atoms with E-state index in [0.29, 0.717) is 5.75 Å². The lowest BCUT2D eigenvalue weighted by Gasteiger charge is -2.19. The van der Waals surface area contributed by atoms with Gasteiger partial charge >= 0.3 is 0 Å². The summed E-state index contributed by atoms with van der Waals surface area (Å²) in [5.74, 6) is 1.33. The first-order valence-corrected chi connectivity index (χ1v) is 6.57. The second-order valence-corrected chi connectivity index (χ2v) is 5.12. The number of hydrogen-bond donors (Lipinski definition) is 2. The van der Waals surface area contributed by atoms with E-state index in [1.54, 1.807) is 12.4 Å². The van der Waals surface area contributed by atoms with Crippen LogP contribution in [0.2, 0.25) is 0 Å². The third-order valence-corrected chi connectivity index (χ3v) is 3.83. The normalized spacial score (nSPS) is 19.4. The molecule has 2 unspecified atom stereocenters. The van der Waals surface area contributed by atoms with Gasteiger partial charge in [0.05, 0.1) is 6.04 Å². The number of fused-ring (bicyclic) bond motifs is 1. The number of hydrogen-bond acceptors (Lipinski definition) is 4. The molecule has 5 heteroatoms. The minimum atomic E-state index is 0.130. The van der Waals surface area contributed by atoms with Crippen LogP contribution in [0.25, 0.3) is 0 Å². The summed E-state index contributed by atoms with van der Waals surface area (Å²) < 4.78 is 1.93. The summed E-state index contributed by atoms with van der Waals surface area (Å²) in [6.45, 7) is 2.09. The molecule has 0 saturated carbocycles. The smallest absolute Gasteiger partial charge is 0.149 e. The average Bonchev–Trinajstić information content (AvgIpc) is 2.97. The second-order valence-electron chi connectivity index (χ2n) is 5.12. The van der Waals surface area contributed by atoms with Crippen LogP contribution in [0.5, 0.6) is 5.75 Å². The molecule has 2 atom stereocenters. The van der Waals surface area contributed by atoms with E-state index in [2.05, 4.69) is 28.5 Å². The van der Waals surface area contributed by atoms with Crippen molar-refractivity contribution in [1.29, 1.82) is 0 Å². The molecular formula is C14H18N4O. The van der Waals surface area contributed by atoms with Gasteiger partial charge in [-0.25, -0.2) is 0 Å². The van der Waals surface area contributed by atoms with Crippen LogP contribution in [0.3, 0.4) is 0 Å². The Balaban J connectivity index is 1.80. The molecule has 0 fully saturated rings. The molecule has 1 heterocycles. The fourth-order valence-electron chi connectivity index (χ4n) is 2.87. The van der Waals surface area contributed by atoms with Crippen LogP contribution >= 0.6 is 0 Å². The maximum atomic E-state index is 9.86. The van der Waals surface area contributed by atoms with E-state index in [-0.39, 0.29) is 12.1 Å². The number of aromatic hydroxyl groups is 1. The fourth-order valence-corrected chi connectivity index (χ4v) is 2.87. The number of nitrogens with zero attached hydrogens (tertiary/aromatic N) is 3. The summed E-state index contributed by atoms with van der Waals surface area (Å²) in [6.07, 6.45) is 3.64. The van der Waals surface area contributed by atoms with E-state index < -0.39 is 0 Å². The summed E-state index contributed by atoms with van der Waals surface area (Å²) in [6, 6.07) is 6.15. The van der Waals surface area contributed by atoms with Gasteiger partial charge in [0, 0.05) is 13.1 Å². The third kappa shape index (κ3) is 2.10. The van der Waals surface area contributed by atoms with Crippen LogP contribution in [0.4, 0.5) is 0 Å². The molecule has 2 aromatic rings. The van der Waals surface area contributed by atoms with E-state index in [1.807, 2.05) is 17.7 Å². The lowest BCUT2D eigenvalue weighted by molar-refractivity contribution is 0.442. The van der Waals surface area contributed by atoms with E-state index in [9.17, 15) is 5.11 Å². The zero-order valence-electron chi connectivity index (χ0n) is 11.2. The second kappa shape index (κ2) is 4.66. The van der Waals surface area contributed by atoms with Crippen LogP contribution in [-0.4, -0.2) is 19.9 Å². The maximum absolute atomic E-state index is 9.86. The quantitative estimate of drug-likeness (QED) is 0.882. The molecular weight excluding hydrogens is 240 g/mol. The molecule has 0 bridgehead atoms. The first-order chi connectivity index (χ1) is 9.16. The Morgan fingerprint density at radius 3 is 3.05 bits per heavy atom. The van der Waals surface area contributed by atoms with E-state index in [0.717, 1.165) is 24.2 Å². The molecule has 0 aliphatic heterocycles. The number of phenols is 1. The molecule has 5 nitrogen and oxygen atoms in total. The maximum Gasteiger partial charge on any atom is 0.149 e. The highest BCUT2D eigenvalue weighted by Crippen LogP contribution is 2.37. The molecule has 1 aliphatic carbocycles. The zero-order valence-corrected chi connectivity index (χ0v) is 11.2. The summed E-state index contributed by atoms with van der Waals surface area (Å²) in [5.41, 5.74) is 2.28. The molecule has 1 aromatic heterocycles. The Morgan fingerprint density at radius 2 is 2.32 bits per heavy atom. The van der Waals surface area contributed by atoms with Gasteiger partial charge in [0.25, 0.3) is 0 Å². The molecule has 0 radical (unpaired) electrons. The summed E-state index contributed by atoms with van der Waals surface area (Å²) in [7, 11) is 1.95. The number of rotatable bonds is 3. The first-order valence-electron chi connectivity index (χ1n) is 6.57. The molecule has 3 rings (SSSR count). The highest BCUT2D eigenvalue weighted by molar-refractivity contribution is 5.44. The van der Waals surface area contributed by atoms with Crippen molar-refractivity contribution in [2.75, 3.05) is 0 Å². The van der Waals surface area contributed by atoms with Crippen molar-refractivity contribution in [3.05, 3.63) is 41.5 Å². The molecule has 1 aromatic carbocycles. The average molecular weight is 258 g/mol. The Morgan fingerprint density at radius 1 is 1.47 bits per heavy atom. The van der Waals surface area contributed by atoms with Gasteiger partial charge in [-0.3, -0.25) is 0 Å². The number of aromatic nitrogens is 3. The van der Waals surface area contributed by atoms with Gasteiger partial charge in [-0.15, -0.1) is 10.2 Å². The van der Waals surface area contributed by atoms with Gasteiger partial charge in [-0.1, -0.05) is 12.1 Å². The minimum Gasteiger partial charge on any atom is -0.508 e. The van der Waals surface area contributed by atoms with Crippen LogP contribution in [0, 0.1) is 0 Å². The summed E-state index contributed by atoms with van der Waals surface area (Å²) >= 11 is 0. The van der Waals surface area contributed by atoms with Crippen molar-refractivity contribution < 1.29 is 5.11 Å². The van der Waals surface area contributed by atoms with Gasteiger partial charge < -0.3 is 15.0 Å². The van der Waals surface area contributed by atoms with Crippen molar-refractivity contribution >= 4 is 0 Å². The van der Waals surface area contributed by atoms with Crippen LogP contribution in [0.15, 0.2) is 24.5 Å². The van der Waals surface area contributed by atoms with Gasteiger partial charge in [-0.2, -0.15) is 0 Å². The number of phenolic OH excluding ortho intramolecular Hbond substituents is 1. The highest BCUT2D eigenvalue weighted by Gasteiger charge is 2.26. The Hall–Kier alpha value is -1.88. The molecule has 100 valence electrons. The van der Waals surface area contributed by atoms with Crippen molar-refractivity contribution in [2.24, 2.45) is 7.05 Å². The van der Waals surface area contributed by atoms with E-state index >= 15 is 0 Å². The lowest BCUT2D eigenvalue weighted by atomic mass is 10.1. The molecule has 0 amide bonds. The first kappa shape index (κ1) is 12.2. The largest absolute Gasteiger partial charge is 0.508 e. The number of aryl methyl sites for hydroxylation is 1. The fraction of sp³-hybridized carbons (Fsp3) is 0.429. The highest BCUT2D eigenvalue weighted by atomic mass is 16.3. The lowest BCUT2D eigenvalue weighted by Crippen LogP contribution is -2.25. The van der Waals surface area contributed by atoms with Gasteiger partial charge in [-0.05, 0) is 37.0 Å². The predicted molar refractivity (Wildman–Crippen MR) is 71.7 cm³/mol. The Bertz CT molecular complexity index is 593. The van der Waals surface area contributed by atoms with Gasteiger partial charge in [0.1, 0.15) is 17.9 Å². The zero-order chi connectivity index (χ0) is 13.4. The van der Waals surface area contributed by atoms with Gasteiger partial charge in [0.2, 0.25) is 0 Å². The van der Waals surface area contributed by atoms with Crippen molar-refractivity contribution in [3.8, 4) is 5.75 Å². The molecule has 2 N–H and O–H groups in total. The monoisotopic (exact) mass is 258 g/mol. The van der Waals surface area contributed by atoms with E-state index in [4.69, 9.17) is 0 Å². The van der Waals surface area contributed by atoms with Crippen LogP contribution in [0.1, 0.15) is 42.4 Å². The summed E-state index contributed by atoms with van der Waals surface area (Å²) in [4.78, 5) is 0. The van der Waals surface area contributed by atoms with Crippen LogP contribution < -0.4 is 5.32 Å². The van der Waals surface area contributed by atoms with E-state index in [1.165, 1.54) is 5.56 Å². The van der Waals surface area contributed by atoms with Gasteiger partial charge in [0.15, 0.2) is 0 Å². The molecule has 19 heavy (non-hydrogen) atoms. The third-order valence-electron chi connectivity index (χ3n) is 3.83. The summed E-state index contributed by atoms with van der Waals surface area (Å²) in [5, 5.41) is 21.5. The number of benzene rings is 1. The van der Waals surface area contributed by atoms with Crippen molar-refractivity contribution in [1.82, 2.24) is 20.1 Å². The van der Waals surface area contributed by atoms with Crippen molar-refractivity contribution in [2.45, 2.75) is 31.8 Å². The molecule has 0 spiro atoms. The number of nitrogens with one attached hydrogen (secondary N) is 1. The minimum absolute atomic E-state index is 0.130. The van der Waals surface area contributed by atoms with Crippen molar-refractivity contribution in [3.63, 3.8) is 0 Å². The SMILES string of the molecule is CC(NC1CCc2c(O)cccc21)c1nncn1C. The molecule has 0 saturated heterocycles. The Labute approximate surface area is 112 Å². The Kier molecular flexibility index (Phi) is 2.98. The molecule has 1 aliphatic rings. The topological polar surface area (TPSA) is 63.0 Å². The standard InChI is InChI=1S/C14H18N4O/c1-9(14-17-15-8-18(14)2)16-12-7-6-11-10(12)4-3-5-13(11)19/h3-5,8-9,12,16,19H,6-7H2,1-2H3. The van der Waals surface area contributed by atoms with Crippen LogP contribution in [-0.2, 0) is 13.5 Å².